The van der Waals surface area contributed by atoms with Gasteiger partial charge in [0.1, 0.15) is 5.75 Å². The minimum Gasteiger partial charge on any atom is -0.497 e. The number of benzene rings is 1. The van der Waals surface area contributed by atoms with Gasteiger partial charge in [0, 0.05) is 13.1 Å². The largest absolute Gasteiger partial charge is 0.497 e. The molecule has 1 aromatic carbocycles. The van der Waals surface area contributed by atoms with Gasteiger partial charge in [0.2, 0.25) is 0 Å². The summed E-state index contributed by atoms with van der Waals surface area (Å²) < 4.78 is 11.7. The molecule has 2 aliphatic rings. The van der Waals surface area contributed by atoms with E-state index in [1.54, 1.807) is 7.11 Å². The van der Waals surface area contributed by atoms with E-state index in [0.717, 1.165) is 24.8 Å². The molecular formula is C17H25NO2. The summed E-state index contributed by atoms with van der Waals surface area (Å²) in [5, 5.41) is 3.58. The molecule has 3 nitrogen and oxygen atoms in total. The summed E-state index contributed by atoms with van der Waals surface area (Å²) >= 11 is 0. The molecule has 1 atom stereocenters. The highest BCUT2D eigenvalue weighted by molar-refractivity contribution is 5.29. The molecule has 1 aromatic rings. The standard InChI is InChI=1S/C17H25NO2/c1-13-7-9-17(10-8-13)12-18-11-16(20-17)14-3-5-15(19-2)6-4-14/h3-6,13,16,18H,7-12H2,1-2H3. The van der Waals surface area contributed by atoms with Crippen LogP contribution in [0.5, 0.6) is 5.75 Å². The van der Waals surface area contributed by atoms with E-state index in [1.807, 2.05) is 12.1 Å². The van der Waals surface area contributed by atoms with Crippen molar-refractivity contribution < 1.29 is 9.47 Å². The van der Waals surface area contributed by atoms with E-state index < -0.39 is 0 Å². The van der Waals surface area contributed by atoms with Crippen LogP contribution in [0.4, 0.5) is 0 Å². The number of hydrogen-bond acceptors (Lipinski definition) is 3. The predicted octanol–water partition coefficient (Wildman–Crippen LogP) is 3.31. The minimum absolute atomic E-state index is 0.0648. The number of hydrogen-bond donors (Lipinski definition) is 1. The molecule has 3 rings (SSSR count). The van der Waals surface area contributed by atoms with Crippen LogP contribution >= 0.6 is 0 Å². The van der Waals surface area contributed by atoms with Gasteiger partial charge in [-0.2, -0.15) is 0 Å². The van der Waals surface area contributed by atoms with Crippen LogP contribution in [0.2, 0.25) is 0 Å². The van der Waals surface area contributed by atoms with Gasteiger partial charge >= 0.3 is 0 Å². The van der Waals surface area contributed by atoms with Gasteiger partial charge in [0.15, 0.2) is 0 Å². The molecule has 0 radical (unpaired) electrons. The van der Waals surface area contributed by atoms with Gasteiger partial charge in [-0.1, -0.05) is 19.1 Å². The van der Waals surface area contributed by atoms with Crippen LogP contribution in [-0.2, 0) is 4.74 Å². The maximum absolute atomic E-state index is 6.52. The normalized spacial score (nSPS) is 34.1. The molecule has 2 fully saturated rings. The summed E-state index contributed by atoms with van der Waals surface area (Å²) in [7, 11) is 1.70. The molecule has 1 spiro atoms. The van der Waals surface area contributed by atoms with E-state index in [-0.39, 0.29) is 11.7 Å². The fourth-order valence-corrected chi connectivity index (χ4v) is 3.40. The van der Waals surface area contributed by atoms with Crippen molar-refractivity contribution in [1.29, 1.82) is 0 Å². The molecule has 1 N–H and O–H groups in total. The van der Waals surface area contributed by atoms with Gasteiger partial charge < -0.3 is 14.8 Å². The second-order valence-electron chi connectivity index (χ2n) is 6.38. The van der Waals surface area contributed by atoms with Crippen molar-refractivity contribution in [1.82, 2.24) is 5.32 Å². The third-order valence-corrected chi connectivity index (χ3v) is 4.84. The van der Waals surface area contributed by atoms with Crippen LogP contribution in [0.25, 0.3) is 0 Å². The topological polar surface area (TPSA) is 30.5 Å². The average Bonchev–Trinajstić information content (AvgIpc) is 2.51. The van der Waals surface area contributed by atoms with Crippen LogP contribution in [0.1, 0.15) is 44.3 Å². The van der Waals surface area contributed by atoms with Crippen molar-refractivity contribution in [2.24, 2.45) is 5.92 Å². The van der Waals surface area contributed by atoms with E-state index in [4.69, 9.17) is 9.47 Å². The van der Waals surface area contributed by atoms with Gasteiger partial charge in [-0.15, -0.1) is 0 Å². The van der Waals surface area contributed by atoms with Gasteiger partial charge in [-0.05, 0) is 49.3 Å². The Labute approximate surface area is 121 Å². The highest BCUT2D eigenvalue weighted by Gasteiger charge is 2.40. The maximum Gasteiger partial charge on any atom is 0.118 e. The fraction of sp³-hybridized carbons (Fsp3) is 0.647. The van der Waals surface area contributed by atoms with Gasteiger partial charge in [-0.3, -0.25) is 0 Å². The Morgan fingerprint density at radius 2 is 1.90 bits per heavy atom. The molecule has 1 saturated carbocycles. The quantitative estimate of drug-likeness (QED) is 0.898. The van der Waals surface area contributed by atoms with E-state index in [9.17, 15) is 0 Å². The van der Waals surface area contributed by atoms with Crippen molar-refractivity contribution in [2.45, 2.75) is 44.3 Å². The Balaban J connectivity index is 1.71. The first-order valence-corrected chi connectivity index (χ1v) is 7.73. The Kier molecular flexibility index (Phi) is 3.99. The van der Waals surface area contributed by atoms with Crippen molar-refractivity contribution >= 4 is 0 Å². The van der Waals surface area contributed by atoms with E-state index in [2.05, 4.69) is 24.4 Å². The highest BCUT2D eigenvalue weighted by Crippen LogP contribution is 2.39. The van der Waals surface area contributed by atoms with E-state index in [0.29, 0.717) is 0 Å². The third kappa shape index (κ3) is 2.84. The van der Waals surface area contributed by atoms with Crippen molar-refractivity contribution in [2.75, 3.05) is 20.2 Å². The van der Waals surface area contributed by atoms with Crippen LogP contribution in [0.3, 0.4) is 0 Å². The maximum atomic E-state index is 6.52. The number of ether oxygens (including phenoxy) is 2. The Bertz CT molecular complexity index is 435. The zero-order valence-electron chi connectivity index (χ0n) is 12.5. The number of morpholine rings is 1. The molecule has 1 saturated heterocycles. The first kappa shape index (κ1) is 13.9. The second kappa shape index (κ2) is 5.74. The molecule has 0 bridgehead atoms. The van der Waals surface area contributed by atoms with Crippen molar-refractivity contribution in [3.63, 3.8) is 0 Å². The molecule has 110 valence electrons. The molecule has 1 aliphatic carbocycles. The summed E-state index contributed by atoms with van der Waals surface area (Å²) in [6.45, 7) is 4.26. The first-order chi connectivity index (χ1) is 9.71. The minimum atomic E-state index is 0.0648. The van der Waals surface area contributed by atoms with Crippen LogP contribution in [0, 0.1) is 5.92 Å². The van der Waals surface area contributed by atoms with Gasteiger partial charge in [0.25, 0.3) is 0 Å². The zero-order chi connectivity index (χ0) is 14.0. The Morgan fingerprint density at radius 1 is 1.20 bits per heavy atom. The van der Waals surface area contributed by atoms with Crippen molar-refractivity contribution in [3.05, 3.63) is 29.8 Å². The van der Waals surface area contributed by atoms with Crippen molar-refractivity contribution in [3.8, 4) is 5.75 Å². The van der Waals surface area contributed by atoms with Crippen LogP contribution < -0.4 is 10.1 Å². The SMILES string of the molecule is COc1ccc(C2CNCC3(CCC(C)CC3)O2)cc1. The molecule has 1 aliphatic heterocycles. The summed E-state index contributed by atoms with van der Waals surface area (Å²) in [4.78, 5) is 0. The Hall–Kier alpha value is -1.06. The highest BCUT2D eigenvalue weighted by atomic mass is 16.5. The lowest BCUT2D eigenvalue weighted by molar-refractivity contribution is -0.140. The van der Waals surface area contributed by atoms with Crippen LogP contribution in [0.15, 0.2) is 24.3 Å². The number of methoxy groups -OCH3 is 1. The average molecular weight is 275 g/mol. The summed E-state index contributed by atoms with van der Waals surface area (Å²) in [5.41, 5.74) is 1.31. The molecule has 1 heterocycles. The zero-order valence-corrected chi connectivity index (χ0v) is 12.5. The van der Waals surface area contributed by atoms with E-state index >= 15 is 0 Å². The lowest BCUT2D eigenvalue weighted by atomic mass is 9.78. The lowest BCUT2D eigenvalue weighted by Gasteiger charge is -2.45. The second-order valence-corrected chi connectivity index (χ2v) is 6.38. The monoisotopic (exact) mass is 275 g/mol. The summed E-state index contributed by atoms with van der Waals surface area (Å²) in [6, 6.07) is 8.27. The molecule has 1 unspecified atom stereocenters. The molecule has 0 amide bonds. The number of nitrogens with one attached hydrogen (secondary N) is 1. The predicted molar refractivity (Wildman–Crippen MR) is 80.1 cm³/mol. The van der Waals surface area contributed by atoms with E-state index in [1.165, 1.54) is 31.2 Å². The molecular weight excluding hydrogens is 250 g/mol. The van der Waals surface area contributed by atoms with Crippen LogP contribution in [-0.4, -0.2) is 25.8 Å². The van der Waals surface area contributed by atoms with Gasteiger partial charge in [0.05, 0.1) is 18.8 Å². The molecule has 20 heavy (non-hydrogen) atoms. The first-order valence-electron chi connectivity index (χ1n) is 7.73. The van der Waals surface area contributed by atoms with Gasteiger partial charge in [-0.25, -0.2) is 0 Å². The lowest BCUT2D eigenvalue weighted by Crippen LogP contribution is -2.52. The molecule has 0 aromatic heterocycles. The summed E-state index contributed by atoms with van der Waals surface area (Å²) in [5.74, 6) is 1.75. The fourth-order valence-electron chi connectivity index (χ4n) is 3.40. The molecule has 3 heteroatoms. The summed E-state index contributed by atoms with van der Waals surface area (Å²) in [6.07, 6.45) is 5.12. The smallest absolute Gasteiger partial charge is 0.118 e. The number of rotatable bonds is 2. The third-order valence-electron chi connectivity index (χ3n) is 4.84. The Morgan fingerprint density at radius 3 is 2.55 bits per heavy atom.